The summed E-state index contributed by atoms with van der Waals surface area (Å²) in [5.74, 6) is 0.787. The van der Waals surface area contributed by atoms with Gasteiger partial charge in [0.1, 0.15) is 5.82 Å². The lowest BCUT2D eigenvalue weighted by atomic mass is 10.1. The molecule has 0 radical (unpaired) electrons. The third-order valence-electron chi connectivity index (χ3n) is 4.35. The minimum atomic E-state index is -4.53. The van der Waals surface area contributed by atoms with Crippen LogP contribution in [0.2, 0.25) is 5.02 Å². The topological polar surface area (TPSA) is 61.3 Å². The Kier molecular flexibility index (Phi) is 6.48. The van der Waals surface area contributed by atoms with Crippen molar-refractivity contribution in [3.05, 3.63) is 70.7 Å². The van der Waals surface area contributed by atoms with Crippen LogP contribution in [0.3, 0.4) is 0 Å². The van der Waals surface area contributed by atoms with Gasteiger partial charge >= 0.3 is 6.18 Å². The number of rotatable bonds is 6. The standard InChI is InChI=1S/C21H20ClF3N4O/c1-29(2)20-27-17(14-8-9-15(16(22)10-14)21(23,24)25)11-19(28-20)26-12-18(30)13-6-4-3-5-7-13/h3-11,18,30H,12H2,1-2H3,(H,26,27,28)/t18-/m0/s1. The predicted octanol–water partition coefficient (Wildman–Crippen LogP) is 5.03. The van der Waals surface area contributed by atoms with Gasteiger partial charge < -0.3 is 15.3 Å². The van der Waals surface area contributed by atoms with E-state index < -0.39 is 22.9 Å². The number of hydrogen-bond acceptors (Lipinski definition) is 5. The van der Waals surface area contributed by atoms with Crippen LogP contribution in [0.15, 0.2) is 54.6 Å². The normalized spacial score (nSPS) is 12.5. The van der Waals surface area contributed by atoms with Crippen molar-refractivity contribution < 1.29 is 18.3 Å². The quantitative estimate of drug-likeness (QED) is 0.567. The summed E-state index contributed by atoms with van der Waals surface area (Å²) in [6, 6.07) is 14.2. The highest BCUT2D eigenvalue weighted by molar-refractivity contribution is 6.31. The first kappa shape index (κ1) is 21.9. The van der Waals surface area contributed by atoms with Crippen molar-refractivity contribution in [1.29, 1.82) is 0 Å². The number of aliphatic hydroxyl groups is 1. The number of benzene rings is 2. The number of nitrogens with one attached hydrogen (secondary N) is 1. The number of nitrogens with zero attached hydrogens (tertiary/aromatic N) is 3. The maximum Gasteiger partial charge on any atom is 0.417 e. The lowest BCUT2D eigenvalue weighted by molar-refractivity contribution is -0.137. The highest BCUT2D eigenvalue weighted by Crippen LogP contribution is 2.37. The Morgan fingerprint density at radius 1 is 1.07 bits per heavy atom. The summed E-state index contributed by atoms with van der Waals surface area (Å²) in [6.07, 6.45) is -5.29. The molecule has 1 heterocycles. The number of aliphatic hydroxyl groups excluding tert-OH is 1. The minimum Gasteiger partial charge on any atom is -0.387 e. The van der Waals surface area contributed by atoms with Crippen LogP contribution < -0.4 is 10.2 Å². The van der Waals surface area contributed by atoms with Crippen LogP contribution in [0.5, 0.6) is 0 Å². The van der Waals surface area contributed by atoms with Crippen molar-refractivity contribution in [3.63, 3.8) is 0 Å². The van der Waals surface area contributed by atoms with Crippen molar-refractivity contribution in [1.82, 2.24) is 9.97 Å². The monoisotopic (exact) mass is 436 g/mol. The Morgan fingerprint density at radius 3 is 2.37 bits per heavy atom. The van der Waals surface area contributed by atoms with Crippen LogP contribution in [0, 0.1) is 0 Å². The molecule has 0 spiro atoms. The van der Waals surface area contributed by atoms with Crippen LogP contribution in [-0.2, 0) is 6.18 Å². The first-order valence-corrected chi connectivity index (χ1v) is 9.43. The molecule has 1 atom stereocenters. The Morgan fingerprint density at radius 2 is 1.77 bits per heavy atom. The summed E-state index contributed by atoms with van der Waals surface area (Å²) in [4.78, 5) is 10.5. The molecule has 0 unspecified atom stereocenters. The zero-order valence-corrected chi connectivity index (χ0v) is 17.0. The van der Waals surface area contributed by atoms with E-state index in [4.69, 9.17) is 11.6 Å². The molecule has 1 aromatic heterocycles. The van der Waals surface area contributed by atoms with Gasteiger partial charge in [-0.05, 0) is 17.7 Å². The first-order valence-electron chi connectivity index (χ1n) is 9.05. The fraction of sp³-hybridized carbons (Fsp3) is 0.238. The molecule has 158 valence electrons. The maximum atomic E-state index is 13.0. The average molecular weight is 437 g/mol. The molecule has 9 heteroatoms. The second-order valence-electron chi connectivity index (χ2n) is 6.83. The van der Waals surface area contributed by atoms with Crippen LogP contribution in [-0.4, -0.2) is 35.7 Å². The Bertz CT molecular complexity index is 1010. The van der Waals surface area contributed by atoms with E-state index in [0.29, 0.717) is 23.0 Å². The summed E-state index contributed by atoms with van der Waals surface area (Å²) < 4.78 is 38.9. The molecule has 0 bridgehead atoms. The van der Waals surface area contributed by atoms with Gasteiger partial charge in [0, 0.05) is 32.3 Å². The number of hydrogen-bond donors (Lipinski definition) is 2. The van der Waals surface area contributed by atoms with Crippen LogP contribution >= 0.6 is 11.6 Å². The second-order valence-corrected chi connectivity index (χ2v) is 7.24. The molecule has 2 aromatic carbocycles. The van der Waals surface area contributed by atoms with Crippen LogP contribution in [0.4, 0.5) is 24.9 Å². The van der Waals surface area contributed by atoms with Gasteiger partial charge in [0.15, 0.2) is 0 Å². The van der Waals surface area contributed by atoms with Crippen LogP contribution in [0.1, 0.15) is 17.2 Å². The van der Waals surface area contributed by atoms with Crippen LogP contribution in [0.25, 0.3) is 11.3 Å². The molecular weight excluding hydrogens is 417 g/mol. The average Bonchev–Trinajstić information content (AvgIpc) is 2.71. The van der Waals surface area contributed by atoms with Crippen molar-refractivity contribution in [2.75, 3.05) is 30.9 Å². The molecule has 3 aromatic rings. The molecular formula is C21H20ClF3N4O. The van der Waals surface area contributed by atoms with Gasteiger partial charge in [-0.2, -0.15) is 18.2 Å². The molecule has 5 nitrogen and oxygen atoms in total. The van der Waals surface area contributed by atoms with E-state index in [1.165, 1.54) is 12.1 Å². The molecule has 2 N–H and O–H groups in total. The van der Waals surface area contributed by atoms with Crippen molar-refractivity contribution >= 4 is 23.4 Å². The molecule has 0 saturated heterocycles. The Hall–Kier alpha value is -2.84. The van der Waals surface area contributed by atoms with E-state index >= 15 is 0 Å². The van der Waals surface area contributed by atoms with Gasteiger partial charge in [-0.1, -0.05) is 48.0 Å². The minimum absolute atomic E-state index is 0.196. The number of alkyl halides is 3. The van der Waals surface area contributed by atoms with E-state index in [0.717, 1.165) is 11.6 Å². The molecule has 0 aliphatic rings. The highest BCUT2D eigenvalue weighted by atomic mass is 35.5. The third kappa shape index (κ3) is 5.20. The summed E-state index contributed by atoms with van der Waals surface area (Å²) in [7, 11) is 3.50. The molecule has 0 saturated carbocycles. The van der Waals surface area contributed by atoms with Crippen molar-refractivity contribution in [2.45, 2.75) is 12.3 Å². The Labute approximate surface area is 177 Å². The predicted molar refractivity (Wildman–Crippen MR) is 112 cm³/mol. The van der Waals surface area contributed by atoms with Gasteiger partial charge in [0.25, 0.3) is 0 Å². The third-order valence-corrected chi connectivity index (χ3v) is 4.66. The van der Waals surface area contributed by atoms with E-state index in [-0.39, 0.29) is 6.54 Å². The summed E-state index contributed by atoms with van der Waals surface area (Å²) in [5, 5.41) is 13.0. The summed E-state index contributed by atoms with van der Waals surface area (Å²) in [5.41, 5.74) is 0.673. The smallest absolute Gasteiger partial charge is 0.387 e. The van der Waals surface area contributed by atoms with Crippen molar-refractivity contribution in [3.8, 4) is 11.3 Å². The zero-order valence-electron chi connectivity index (χ0n) is 16.3. The molecule has 30 heavy (non-hydrogen) atoms. The lowest BCUT2D eigenvalue weighted by Gasteiger charge is -2.17. The zero-order chi connectivity index (χ0) is 21.9. The van der Waals surface area contributed by atoms with Gasteiger partial charge in [-0.3, -0.25) is 0 Å². The second kappa shape index (κ2) is 8.89. The molecule has 0 aliphatic heterocycles. The van der Waals surface area contributed by atoms with Gasteiger partial charge in [0.2, 0.25) is 5.95 Å². The number of halogens is 4. The van der Waals surface area contributed by atoms with E-state index in [1.807, 2.05) is 30.3 Å². The fourth-order valence-corrected chi connectivity index (χ4v) is 3.06. The molecule has 3 rings (SSSR count). The molecule has 0 amide bonds. The van der Waals surface area contributed by atoms with Gasteiger partial charge in [-0.15, -0.1) is 0 Å². The summed E-state index contributed by atoms with van der Waals surface area (Å²) in [6.45, 7) is 0.196. The largest absolute Gasteiger partial charge is 0.417 e. The van der Waals surface area contributed by atoms with Gasteiger partial charge in [-0.25, -0.2) is 4.98 Å². The number of anilines is 2. The van der Waals surface area contributed by atoms with Gasteiger partial charge in [0.05, 0.1) is 22.4 Å². The molecule has 0 aliphatic carbocycles. The fourth-order valence-electron chi connectivity index (χ4n) is 2.77. The Balaban J connectivity index is 1.89. The SMILES string of the molecule is CN(C)c1nc(NC[C@H](O)c2ccccc2)cc(-c2ccc(C(F)(F)F)c(Cl)c2)n1. The van der Waals surface area contributed by atoms with E-state index in [2.05, 4.69) is 15.3 Å². The highest BCUT2D eigenvalue weighted by Gasteiger charge is 2.33. The first-order chi connectivity index (χ1) is 14.1. The van der Waals surface area contributed by atoms with Crippen molar-refractivity contribution in [2.24, 2.45) is 0 Å². The lowest BCUT2D eigenvalue weighted by Crippen LogP contribution is -2.17. The maximum absolute atomic E-state index is 13.0. The summed E-state index contributed by atoms with van der Waals surface area (Å²) >= 11 is 5.85. The van der Waals surface area contributed by atoms with E-state index in [1.54, 1.807) is 25.1 Å². The number of aromatic nitrogens is 2. The molecule has 0 fully saturated rings. The van der Waals surface area contributed by atoms with E-state index in [9.17, 15) is 18.3 Å².